The van der Waals surface area contributed by atoms with E-state index in [1.165, 1.54) is 0 Å². The second kappa shape index (κ2) is 11.4. The van der Waals surface area contributed by atoms with Gasteiger partial charge in [0, 0.05) is 37.8 Å². The van der Waals surface area contributed by atoms with E-state index in [-0.39, 0.29) is 5.91 Å². The van der Waals surface area contributed by atoms with Crippen LogP contribution in [0.2, 0.25) is 0 Å². The zero-order valence-corrected chi connectivity index (χ0v) is 18.1. The number of carbonyl (C=O) groups is 1. The molecule has 1 amide bonds. The topological polar surface area (TPSA) is 79.4 Å². The largest absolute Gasteiger partial charge is 0.494 e. The number of piperidine rings is 1. The SMILES string of the molecule is CCCNc1cc(N2CCC[C@@H](CCC(=O)Nc3ccc(OCC)cc3)C2)ncn1. The molecule has 7 nitrogen and oxygen atoms in total. The van der Waals surface area contributed by atoms with E-state index in [0.717, 1.165) is 68.4 Å². The number of carbonyl (C=O) groups excluding carboxylic acids is 1. The summed E-state index contributed by atoms with van der Waals surface area (Å²) in [6, 6.07) is 9.54. The molecule has 3 rings (SSSR count). The zero-order valence-electron chi connectivity index (χ0n) is 18.1. The Kier molecular flexibility index (Phi) is 8.30. The molecule has 0 aliphatic carbocycles. The van der Waals surface area contributed by atoms with Crippen LogP contribution >= 0.6 is 0 Å². The van der Waals surface area contributed by atoms with Crippen LogP contribution in [-0.4, -0.2) is 42.1 Å². The third kappa shape index (κ3) is 6.61. The second-order valence-corrected chi connectivity index (χ2v) is 7.69. The average molecular weight is 412 g/mol. The molecule has 1 aliphatic rings. The summed E-state index contributed by atoms with van der Waals surface area (Å²) in [7, 11) is 0. The molecule has 7 heteroatoms. The summed E-state index contributed by atoms with van der Waals surface area (Å²) in [6.07, 6.45) is 6.36. The van der Waals surface area contributed by atoms with Crippen molar-refractivity contribution < 1.29 is 9.53 Å². The molecule has 0 radical (unpaired) electrons. The van der Waals surface area contributed by atoms with Crippen LogP contribution in [0.1, 0.15) is 46.0 Å². The minimum absolute atomic E-state index is 0.0596. The van der Waals surface area contributed by atoms with Crippen LogP contribution in [0.3, 0.4) is 0 Å². The van der Waals surface area contributed by atoms with Gasteiger partial charge in [0.15, 0.2) is 0 Å². The van der Waals surface area contributed by atoms with Crippen LogP contribution in [0, 0.1) is 5.92 Å². The van der Waals surface area contributed by atoms with Crippen LogP contribution < -0.4 is 20.3 Å². The second-order valence-electron chi connectivity index (χ2n) is 7.69. The molecular formula is C23H33N5O2. The molecule has 1 aliphatic heterocycles. The highest BCUT2D eigenvalue weighted by Gasteiger charge is 2.22. The smallest absolute Gasteiger partial charge is 0.224 e. The Morgan fingerprint density at radius 1 is 1.23 bits per heavy atom. The summed E-state index contributed by atoms with van der Waals surface area (Å²) in [5, 5.41) is 6.30. The minimum Gasteiger partial charge on any atom is -0.494 e. The number of nitrogens with zero attached hydrogens (tertiary/aromatic N) is 3. The molecule has 0 saturated carbocycles. The van der Waals surface area contributed by atoms with Gasteiger partial charge in [-0.1, -0.05) is 6.92 Å². The van der Waals surface area contributed by atoms with Gasteiger partial charge in [-0.05, 0) is 62.8 Å². The number of hydrogen-bond acceptors (Lipinski definition) is 6. The van der Waals surface area contributed by atoms with Gasteiger partial charge in [-0.3, -0.25) is 4.79 Å². The van der Waals surface area contributed by atoms with Crippen LogP contribution in [-0.2, 0) is 4.79 Å². The lowest BCUT2D eigenvalue weighted by Gasteiger charge is -2.33. The third-order valence-electron chi connectivity index (χ3n) is 5.28. The normalized spacial score (nSPS) is 16.2. The molecule has 2 N–H and O–H groups in total. The molecule has 0 spiro atoms. The number of benzene rings is 1. The fraction of sp³-hybridized carbons (Fsp3) is 0.522. The minimum atomic E-state index is 0.0596. The Hall–Kier alpha value is -2.83. The van der Waals surface area contributed by atoms with E-state index in [9.17, 15) is 4.79 Å². The van der Waals surface area contributed by atoms with Crippen molar-refractivity contribution in [3.63, 3.8) is 0 Å². The summed E-state index contributed by atoms with van der Waals surface area (Å²) >= 11 is 0. The van der Waals surface area contributed by atoms with Gasteiger partial charge in [0.1, 0.15) is 23.7 Å². The van der Waals surface area contributed by atoms with Crippen molar-refractivity contribution >= 4 is 23.2 Å². The van der Waals surface area contributed by atoms with E-state index in [4.69, 9.17) is 4.74 Å². The highest BCUT2D eigenvalue weighted by Crippen LogP contribution is 2.26. The molecule has 0 unspecified atom stereocenters. The maximum Gasteiger partial charge on any atom is 0.224 e. The third-order valence-corrected chi connectivity index (χ3v) is 5.28. The maximum atomic E-state index is 12.4. The lowest BCUT2D eigenvalue weighted by molar-refractivity contribution is -0.116. The lowest BCUT2D eigenvalue weighted by atomic mass is 9.93. The number of amides is 1. The average Bonchev–Trinajstić information content (AvgIpc) is 2.78. The predicted molar refractivity (Wildman–Crippen MR) is 121 cm³/mol. The Balaban J connectivity index is 1.47. The molecule has 0 bridgehead atoms. The lowest BCUT2D eigenvalue weighted by Crippen LogP contribution is -2.36. The van der Waals surface area contributed by atoms with Crippen molar-refractivity contribution in [2.24, 2.45) is 5.92 Å². The van der Waals surface area contributed by atoms with E-state index in [1.54, 1.807) is 6.33 Å². The van der Waals surface area contributed by atoms with Gasteiger partial charge in [-0.25, -0.2) is 9.97 Å². The van der Waals surface area contributed by atoms with Crippen LogP contribution in [0.4, 0.5) is 17.3 Å². The first kappa shape index (κ1) is 21.9. The summed E-state index contributed by atoms with van der Waals surface area (Å²) < 4.78 is 5.44. The highest BCUT2D eigenvalue weighted by atomic mass is 16.5. The van der Waals surface area contributed by atoms with Gasteiger partial charge in [0.05, 0.1) is 6.61 Å². The summed E-state index contributed by atoms with van der Waals surface area (Å²) in [4.78, 5) is 23.5. The fourth-order valence-corrected chi connectivity index (χ4v) is 3.74. The molecule has 2 aromatic rings. The number of hydrogen-bond donors (Lipinski definition) is 2. The van der Waals surface area contributed by atoms with Crippen LogP contribution in [0.15, 0.2) is 36.7 Å². The van der Waals surface area contributed by atoms with Crippen molar-refractivity contribution in [1.82, 2.24) is 9.97 Å². The summed E-state index contributed by atoms with van der Waals surface area (Å²) in [5.41, 5.74) is 0.807. The molecule has 30 heavy (non-hydrogen) atoms. The van der Waals surface area contributed by atoms with E-state index in [1.807, 2.05) is 37.3 Å². The van der Waals surface area contributed by atoms with Crippen molar-refractivity contribution in [2.75, 3.05) is 41.8 Å². The monoisotopic (exact) mass is 411 g/mol. The predicted octanol–water partition coefficient (Wildman–Crippen LogP) is 4.33. The fourth-order valence-electron chi connectivity index (χ4n) is 3.74. The zero-order chi connectivity index (χ0) is 21.2. The Morgan fingerprint density at radius 3 is 2.83 bits per heavy atom. The highest BCUT2D eigenvalue weighted by molar-refractivity contribution is 5.90. The first-order valence-electron chi connectivity index (χ1n) is 11.0. The van der Waals surface area contributed by atoms with Crippen molar-refractivity contribution in [2.45, 2.75) is 46.0 Å². The van der Waals surface area contributed by atoms with E-state index < -0.39 is 0 Å². The van der Waals surface area contributed by atoms with Gasteiger partial charge in [0.25, 0.3) is 0 Å². The summed E-state index contributed by atoms with van der Waals surface area (Å²) in [5.74, 6) is 3.21. The molecule has 162 valence electrons. The molecule has 1 saturated heterocycles. The quantitative estimate of drug-likeness (QED) is 0.606. The first-order valence-corrected chi connectivity index (χ1v) is 11.0. The van der Waals surface area contributed by atoms with Crippen LogP contribution in [0.5, 0.6) is 5.75 Å². The number of ether oxygens (including phenoxy) is 1. The standard InChI is InChI=1S/C23H33N5O2/c1-3-13-24-21-15-22(26-17-25-21)28-14-5-6-18(16-28)7-12-23(29)27-19-8-10-20(11-9-19)30-4-2/h8-11,15,17-18H,3-7,12-14,16H2,1-2H3,(H,27,29)(H,24,25,26)/t18-/m0/s1. The van der Waals surface area contributed by atoms with Crippen molar-refractivity contribution in [1.29, 1.82) is 0 Å². The van der Waals surface area contributed by atoms with E-state index in [2.05, 4.69) is 32.4 Å². The van der Waals surface area contributed by atoms with Crippen molar-refractivity contribution in [3.8, 4) is 5.75 Å². The molecule has 1 fully saturated rings. The first-order chi connectivity index (χ1) is 14.7. The molecular weight excluding hydrogens is 378 g/mol. The van der Waals surface area contributed by atoms with Gasteiger partial charge in [-0.15, -0.1) is 0 Å². The molecule has 1 aromatic heterocycles. The van der Waals surface area contributed by atoms with Gasteiger partial charge in [-0.2, -0.15) is 0 Å². The Labute approximate surface area is 179 Å². The Morgan fingerprint density at radius 2 is 2.07 bits per heavy atom. The molecule has 2 heterocycles. The number of nitrogens with one attached hydrogen (secondary N) is 2. The van der Waals surface area contributed by atoms with E-state index >= 15 is 0 Å². The maximum absolute atomic E-state index is 12.4. The van der Waals surface area contributed by atoms with Gasteiger partial charge in [0.2, 0.25) is 5.91 Å². The molecule has 1 atom stereocenters. The van der Waals surface area contributed by atoms with Gasteiger partial charge < -0.3 is 20.3 Å². The van der Waals surface area contributed by atoms with E-state index in [0.29, 0.717) is 18.9 Å². The van der Waals surface area contributed by atoms with Gasteiger partial charge >= 0.3 is 0 Å². The number of rotatable bonds is 10. The van der Waals surface area contributed by atoms with Crippen LogP contribution in [0.25, 0.3) is 0 Å². The molecule has 1 aromatic carbocycles. The summed E-state index contributed by atoms with van der Waals surface area (Å²) in [6.45, 7) is 7.56. The Bertz CT molecular complexity index is 796. The van der Waals surface area contributed by atoms with Crippen molar-refractivity contribution in [3.05, 3.63) is 36.7 Å². The number of aromatic nitrogens is 2. The number of anilines is 3.